The van der Waals surface area contributed by atoms with Crippen molar-refractivity contribution in [1.82, 2.24) is 0 Å². The van der Waals surface area contributed by atoms with Gasteiger partial charge in [-0.05, 0) is 12.8 Å². The van der Waals surface area contributed by atoms with Crippen LogP contribution in [0.15, 0.2) is 30.3 Å². The number of unbranched alkanes of at least 4 members (excludes halogenated alkanes) is 5. The third-order valence-electron chi connectivity index (χ3n) is 2.98. The van der Waals surface area contributed by atoms with E-state index in [1.165, 1.54) is 50.6 Å². The third-order valence-corrected chi connectivity index (χ3v) is 2.98. The Morgan fingerprint density at radius 1 is 0.875 bits per heavy atom. The Hall–Kier alpha value is -0.820. The van der Waals surface area contributed by atoms with Gasteiger partial charge in [0, 0.05) is 5.56 Å². The fourth-order valence-corrected chi connectivity index (χ4v) is 1.95. The summed E-state index contributed by atoms with van der Waals surface area (Å²) in [7, 11) is 0. The lowest BCUT2D eigenvalue weighted by molar-refractivity contribution is -0.671. The van der Waals surface area contributed by atoms with Crippen molar-refractivity contribution in [3.8, 4) is 0 Å². The molecule has 0 radical (unpaired) electrons. The summed E-state index contributed by atoms with van der Waals surface area (Å²) in [6.45, 7) is 4.68. The minimum atomic E-state index is 1.13. The molecule has 0 aliphatic carbocycles. The molecule has 16 heavy (non-hydrogen) atoms. The molecular weight excluding hydrogens is 194 g/mol. The fraction of sp³-hybridized carbons (Fsp3) is 0.600. The van der Waals surface area contributed by atoms with Crippen LogP contribution in [0, 0.1) is 0 Å². The average molecular weight is 220 g/mol. The van der Waals surface area contributed by atoms with Crippen LogP contribution in [-0.4, -0.2) is 6.54 Å². The Balaban J connectivity index is 1.89. The SMILES string of the molecule is CCCCCCCC[NH2+]Cc1ccccc1. The summed E-state index contributed by atoms with van der Waals surface area (Å²) in [6, 6.07) is 10.7. The highest BCUT2D eigenvalue weighted by Crippen LogP contribution is 2.03. The van der Waals surface area contributed by atoms with Crippen molar-refractivity contribution in [2.24, 2.45) is 0 Å². The lowest BCUT2D eigenvalue weighted by atomic mass is 10.1. The van der Waals surface area contributed by atoms with Gasteiger partial charge >= 0.3 is 0 Å². The summed E-state index contributed by atoms with van der Waals surface area (Å²) in [5, 5.41) is 2.43. The molecule has 1 rings (SSSR count). The van der Waals surface area contributed by atoms with Crippen molar-refractivity contribution >= 4 is 0 Å². The number of hydrogen-bond donors (Lipinski definition) is 1. The normalized spacial score (nSPS) is 10.6. The van der Waals surface area contributed by atoms with Gasteiger partial charge in [0.25, 0.3) is 0 Å². The summed E-state index contributed by atoms with van der Waals surface area (Å²) in [5.41, 5.74) is 1.44. The van der Waals surface area contributed by atoms with Crippen LogP contribution < -0.4 is 5.32 Å². The molecule has 1 nitrogen and oxygen atoms in total. The molecule has 2 N–H and O–H groups in total. The van der Waals surface area contributed by atoms with Gasteiger partial charge < -0.3 is 5.32 Å². The number of rotatable bonds is 9. The molecule has 1 aromatic rings. The van der Waals surface area contributed by atoms with Gasteiger partial charge in [-0.2, -0.15) is 0 Å². The first kappa shape index (κ1) is 13.2. The van der Waals surface area contributed by atoms with E-state index in [2.05, 4.69) is 42.6 Å². The van der Waals surface area contributed by atoms with E-state index in [1.54, 1.807) is 0 Å². The maximum absolute atomic E-state index is 2.43. The Kier molecular flexibility index (Phi) is 7.79. The van der Waals surface area contributed by atoms with Crippen molar-refractivity contribution in [3.63, 3.8) is 0 Å². The molecule has 90 valence electrons. The van der Waals surface area contributed by atoms with Crippen LogP contribution in [0.4, 0.5) is 0 Å². The summed E-state index contributed by atoms with van der Waals surface area (Å²) in [4.78, 5) is 0. The van der Waals surface area contributed by atoms with E-state index in [1.807, 2.05) is 0 Å². The molecule has 0 unspecified atom stereocenters. The molecule has 0 spiro atoms. The standard InChI is InChI=1S/C15H25N/c1-2-3-4-5-6-10-13-16-14-15-11-8-7-9-12-15/h7-9,11-12,16H,2-6,10,13-14H2,1H3/p+1. The van der Waals surface area contributed by atoms with Gasteiger partial charge in [0.15, 0.2) is 0 Å². The van der Waals surface area contributed by atoms with E-state index in [4.69, 9.17) is 0 Å². The van der Waals surface area contributed by atoms with Crippen LogP contribution in [-0.2, 0) is 6.54 Å². The second kappa shape index (κ2) is 9.41. The van der Waals surface area contributed by atoms with Gasteiger partial charge in [-0.3, -0.25) is 0 Å². The fourth-order valence-electron chi connectivity index (χ4n) is 1.95. The van der Waals surface area contributed by atoms with Crippen LogP contribution >= 0.6 is 0 Å². The van der Waals surface area contributed by atoms with E-state index < -0.39 is 0 Å². The molecule has 0 amide bonds. The van der Waals surface area contributed by atoms with E-state index in [9.17, 15) is 0 Å². The third kappa shape index (κ3) is 6.62. The van der Waals surface area contributed by atoms with Crippen LogP contribution in [0.2, 0.25) is 0 Å². The van der Waals surface area contributed by atoms with Gasteiger partial charge in [-0.1, -0.05) is 62.9 Å². The van der Waals surface area contributed by atoms with Gasteiger partial charge in [-0.15, -0.1) is 0 Å². The summed E-state index contributed by atoms with van der Waals surface area (Å²) >= 11 is 0. The van der Waals surface area contributed by atoms with Crippen LogP contribution in [0.1, 0.15) is 51.0 Å². The van der Waals surface area contributed by atoms with Crippen LogP contribution in [0.5, 0.6) is 0 Å². The monoisotopic (exact) mass is 220 g/mol. The average Bonchev–Trinajstić information content (AvgIpc) is 2.34. The molecule has 0 aromatic heterocycles. The Labute approximate surface area is 100 Å². The second-order valence-electron chi connectivity index (χ2n) is 4.53. The molecule has 0 aliphatic rings. The minimum absolute atomic E-state index is 1.13. The highest BCUT2D eigenvalue weighted by atomic mass is 14.8. The highest BCUT2D eigenvalue weighted by Gasteiger charge is 1.94. The molecule has 0 saturated carbocycles. The van der Waals surface area contributed by atoms with Gasteiger partial charge in [0.05, 0.1) is 6.54 Å². The predicted octanol–water partition coefficient (Wildman–Crippen LogP) is 3.11. The molecule has 0 heterocycles. The smallest absolute Gasteiger partial charge is 0.101 e. The zero-order chi connectivity index (χ0) is 11.5. The van der Waals surface area contributed by atoms with Crippen LogP contribution in [0.25, 0.3) is 0 Å². The van der Waals surface area contributed by atoms with Crippen molar-refractivity contribution in [1.29, 1.82) is 0 Å². The lowest BCUT2D eigenvalue weighted by Gasteiger charge is -2.02. The van der Waals surface area contributed by atoms with Crippen molar-refractivity contribution in [2.45, 2.75) is 52.0 Å². The van der Waals surface area contributed by atoms with Crippen LogP contribution in [0.3, 0.4) is 0 Å². The zero-order valence-corrected chi connectivity index (χ0v) is 10.6. The van der Waals surface area contributed by atoms with Crippen molar-refractivity contribution in [2.75, 3.05) is 6.54 Å². The Morgan fingerprint density at radius 2 is 1.56 bits per heavy atom. The van der Waals surface area contributed by atoms with E-state index in [0.29, 0.717) is 0 Å². The number of hydrogen-bond acceptors (Lipinski definition) is 0. The highest BCUT2D eigenvalue weighted by molar-refractivity contribution is 5.12. The molecular formula is C15H26N+. The molecule has 0 fully saturated rings. The lowest BCUT2D eigenvalue weighted by Crippen LogP contribution is -2.82. The van der Waals surface area contributed by atoms with Gasteiger partial charge in [-0.25, -0.2) is 0 Å². The van der Waals surface area contributed by atoms with Crippen molar-refractivity contribution < 1.29 is 5.32 Å². The molecule has 1 heteroatoms. The first-order valence-electron chi connectivity index (χ1n) is 6.79. The number of benzene rings is 1. The van der Waals surface area contributed by atoms with Crippen molar-refractivity contribution in [3.05, 3.63) is 35.9 Å². The van der Waals surface area contributed by atoms with E-state index in [0.717, 1.165) is 6.54 Å². The summed E-state index contributed by atoms with van der Waals surface area (Å²) in [5.74, 6) is 0. The molecule has 1 aromatic carbocycles. The largest absolute Gasteiger partial charge is 0.343 e. The maximum atomic E-state index is 2.43. The maximum Gasteiger partial charge on any atom is 0.101 e. The zero-order valence-electron chi connectivity index (χ0n) is 10.6. The van der Waals surface area contributed by atoms with Gasteiger partial charge in [0.1, 0.15) is 6.54 Å². The first-order valence-corrected chi connectivity index (χ1v) is 6.79. The topological polar surface area (TPSA) is 16.6 Å². The Morgan fingerprint density at radius 3 is 2.31 bits per heavy atom. The molecule has 0 saturated heterocycles. The van der Waals surface area contributed by atoms with Gasteiger partial charge in [0.2, 0.25) is 0 Å². The predicted molar refractivity (Wildman–Crippen MR) is 70.3 cm³/mol. The quantitative estimate of drug-likeness (QED) is 0.616. The minimum Gasteiger partial charge on any atom is -0.343 e. The first-order chi connectivity index (χ1) is 7.93. The second-order valence-corrected chi connectivity index (χ2v) is 4.53. The van der Waals surface area contributed by atoms with E-state index >= 15 is 0 Å². The molecule has 0 bridgehead atoms. The Bertz CT molecular complexity index is 243. The van der Waals surface area contributed by atoms with E-state index in [-0.39, 0.29) is 0 Å². The number of quaternary nitrogens is 1. The molecule has 0 atom stereocenters. The summed E-state index contributed by atoms with van der Waals surface area (Å²) in [6.07, 6.45) is 8.39. The summed E-state index contributed by atoms with van der Waals surface area (Å²) < 4.78 is 0. The number of nitrogens with two attached hydrogens (primary N) is 1. The molecule has 0 aliphatic heterocycles.